The molecule has 132 valence electrons. The largest absolute Gasteiger partial charge is 0.443 e. The number of nitrogens with one attached hydrogen (secondary N) is 1. The summed E-state index contributed by atoms with van der Waals surface area (Å²) in [5.74, 6) is -0.571. The molecule has 1 N–H and O–H groups in total. The average Bonchev–Trinajstić information content (AvgIpc) is 2.51. The molecule has 1 unspecified atom stereocenters. The van der Waals surface area contributed by atoms with E-state index in [-0.39, 0.29) is 5.75 Å². The Morgan fingerprint density at radius 3 is 2.54 bits per heavy atom. The van der Waals surface area contributed by atoms with E-state index in [9.17, 15) is 18.6 Å². The van der Waals surface area contributed by atoms with Crippen LogP contribution in [-0.4, -0.2) is 28.2 Å². The summed E-state index contributed by atoms with van der Waals surface area (Å²) in [5, 5.41) is 0. The number of hydrogen-bond acceptors (Lipinski definition) is 5. The van der Waals surface area contributed by atoms with Gasteiger partial charge in [0.2, 0.25) is 5.91 Å². The Balaban J connectivity index is 2.80. The molecule has 0 heterocycles. The number of unbranched alkanes of at least 4 members (excludes halogenated alkanes) is 2. The number of carbonyl (C=O) groups excluding carboxylic acids is 3. The third kappa shape index (κ3) is 7.36. The first-order valence-electron chi connectivity index (χ1n) is 7.58. The van der Waals surface area contributed by atoms with E-state index in [2.05, 4.69) is 9.08 Å². The third-order valence-corrected chi connectivity index (χ3v) is 4.96. The standard InChI is InChI=1S/C16H22N2O5S/c1-13(15-9-5-3-6-10-15)23-16(21)18-24(22,17-14(2)20)12-8-4-7-11-19/h3,5-6,9-11,13H,4,7-8,12H2,1-2H3,(H,17,18,20,21,22)/t13-,24?/m0/s1. The number of ether oxygens (including phenoxy) is 1. The van der Waals surface area contributed by atoms with Crippen molar-refractivity contribution in [2.45, 2.75) is 39.2 Å². The summed E-state index contributed by atoms with van der Waals surface area (Å²) in [7, 11) is -3.26. The maximum Gasteiger partial charge on any atom is 0.443 e. The van der Waals surface area contributed by atoms with E-state index >= 15 is 0 Å². The van der Waals surface area contributed by atoms with Crippen LogP contribution in [0, 0.1) is 0 Å². The molecule has 0 fully saturated rings. The monoisotopic (exact) mass is 354 g/mol. The van der Waals surface area contributed by atoms with E-state index in [1.54, 1.807) is 19.1 Å². The van der Waals surface area contributed by atoms with Crippen LogP contribution in [0.25, 0.3) is 0 Å². The van der Waals surface area contributed by atoms with E-state index in [1.165, 1.54) is 6.92 Å². The van der Waals surface area contributed by atoms with Gasteiger partial charge in [-0.05, 0) is 25.3 Å². The van der Waals surface area contributed by atoms with E-state index in [0.717, 1.165) is 11.8 Å². The summed E-state index contributed by atoms with van der Waals surface area (Å²) in [6.45, 7) is 2.87. The van der Waals surface area contributed by atoms with E-state index in [0.29, 0.717) is 19.3 Å². The molecule has 24 heavy (non-hydrogen) atoms. The SMILES string of the molecule is CC(=O)NS(=O)(CCCCC=O)=NC(=O)O[C@@H](C)c1ccccc1. The summed E-state index contributed by atoms with van der Waals surface area (Å²) < 4.78 is 23.5. The molecule has 8 heteroatoms. The average molecular weight is 354 g/mol. The van der Waals surface area contributed by atoms with Gasteiger partial charge in [-0.25, -0.2) is 9.00 Å². The minimum Gasteiger partial charge on any atom is -0.440 e. The Morgan fingerprint density at radius 2 is 1.96 bits per heavy atom. The first-order chi connectivity index (χ1) is 11.4. The van der Waals surface area contributed by atoms with Crippen molar-refractivity contribution < 1.29 is 23.3 Å². The summed E-state index contributed by atoms with van der Waals surface area (Å²) in [6, 6.07) is 9.05. The molecule has 0 radical (unpaired) electrons. The maximum absolute atomic E-state index is 12.6. The van der Waals surface area contributed by atoms with Gasteiger partial charge >= 0.3 is 6.09 Å². The Hall–Kier alpha value is -2.22. The fraction of sp³-hybridized carbons (Fsp3) is 0.438. The molecule has 0 saturated heterocycles. The molecule has 1 rings (SSSR count). The van der Waals surface area contributed by atoms with Gasteiger partial charge in [-0.2, -0.15) is 0 Å². The number of nitrogens with zero attached hydrogens (tertiary/aromatic N) is 1. The van der Waals surface area contributed by atoms with E-state index < -0.39 is 28.0 Å². The Bertz CT molecular complexity index is 681. The molecule has 2 amide bonds. The lowest BCUT2D eigenvalue weighted by molar-refractivity contribution is -0.117. The molecular formula is C16H22N2O5S. The molecule has 2 atom stereocenters. The van der Waals surface area contributed by atoms with Crippen LogP contribution in [0.4, 0.5) is 4.79 Å². The number of amides is 2. The second-order valence-corrected chi connectivity index (χ2v) is 7.27. The highest BCUT2D eigenvalue weighted by Gasteiger charge is 2.17. The fourth-order valence-electron chi connectivity index (χ4n) is 1.95. The van der Waals surface area contributed by atoms with Crippen LogP contribution >= 0.6 is 0 Å². The van der Waals surface area contributed by atoms with E-state index in [4.69, 9.17) is 4.74 Å². The molecule has 0 aromatic heterocycles. The highest BCUT2D eigenvalue weighted by molar-refractivity contribution is 7.92. The molecule has 0 spiro atoms. The molecule has 0 bridgehead atoms. The van der Waals surface area contributed by atoms with Crippen molar-refractivity contribution in [3.8, 4) is 0 Å². The quantitative estimate of drug-likeness (QED) is 0.571. The van der Waals surface area contributed by atoms with Crippen LogP contribution in [0.3, 0.4) is 0 Å². The van der Waals surface area contributed by atoms with Crippen molar-refractivity contribution in [1.82, 2.24) is 4.72 Å². The zero-order chi connectivity index (χ0) is 18.0. The summed E-state index contributed by atoms with van der Waals surface area (Å²) in [6.07, 6.45) is 0.422. The minimum atomic E-state index is -3.26. The van der Waals surface area contributed by atoms with Gasteiger partial charge in [0.05, 0.1) is 5.75 Å². The van der Waals surface area contributed by atoms with Gasteiger partial charge in [0.15, 0.2) is 0 Å². The molecule has 0 aliphatic rings. The van der Waals surface area contributed by atoms with Crippen molar-refractivity contribution in [3.05, 3.63) is 35.9 Å². The maximum atomic E-state index is 12.6. The first-order valence-corrected chi connectivity index (χ1v) is 9.27. The van der Waals surface area contributed by atoms with Crippen LogP contribution in [0.1, 0.15) is 44.8 Å². The van der Waals surface area contributed by atoms with Gasteiger partial charge in [0.1, 0.15) is 22.3 Å². The smallest absolute Gasteiger partial charge is 0.440 e. The van der Waals surface area contributed by atoms with Gasteiger partial charge in [-0.1, -0.05) is 30.3 Å². The van der Waals surface area contributed by atoms with Gasteiger partial charge < -0.3 is 9.53 Å². The Labute approximate surface area is 142 Å². The molecule has 7 nitrogen and oxygen atoms in total. The first kappa shape index (κ1) is 19.8. The number of hydrogen-bond donors (Lipinski definition) is 1. The van der Waals surface area contributed by atoms with Crippen molar-refractivity contribution in [2.75, 3.05) is 5.75 Å². The van der Waals surface area contributed by atoms with Gasteiger partial charge in [0, 0.05) is 13.3 Å². The lowest BCUT2D eigenvalue weighted by Gasteiger charge is -2.13. The molecule has 0 saturated carbocycles. The van der Waals surface area contributed by atoms with Gasteiger partial charge in [-0.15, -0.1) is 4.36 Å². The predicted molar refractivity (Wildman–Crippen MR) is 90.5 cm³/mol. The second-order valence-electron chi connectivity index (χ2n) is 5.19. The van der Waals surface area contributed by atoms with Crippen molar-refractivity contribution >= 4 is 28.2 Å². The molecule has 0 aliphatic carbocycles. The van der Waals surface area contributed by atoms with Crippen LogP contribution in [0.5, 0.6) is 0 Å². The third-order valence-electron chi connectivity index (χ3n) is 3.06. The lowest BCUT2D eigenvalue weighted by atomic mass is 10.1. The number of rotatable bonds is 8. The van der Waals surface area contributed by atoms with Crippen LogP contribution in [0.15, 0.2) is 34.7 Å². The highest BCUT2D eigenvalue weighted by Crippen LogP contribution is 2.17. The molecule has 1 aromatic rings. The topological polar surface area (TPSA) is 102 Å². The normalized spacial score (nSPS) is 14.1. The summed E-state index contributed by atoms with van der Waals surface area (Å²) in [5.41, 5.74) is 0.776. The van der Waals surface area contributed by atoms with Crippen molar-refractivity contribution in [3.63, 3.8) is 0 Å². The molecule has 1 aromatic carbocycles. The minimum absolute atomic E-state index is 0.0186. The van der Waals surface area contributed by atoms with Crippen LogP contribution in [-0.2, 0) is 24.2 Å². The predicted octanol–water partition coefficient (Wildman–Crippen LogP) is 2.77. The van der Waals surface area contributed by atoms with Crippen molar-refractivity contribution in [2.24, 2.45) is 4.36 Å². The van der Waals surface area contributed by atoms with Crippen molar-refractivity contribution in [1.29, 1.82) is 0 Å². The zero-order valence-electron chi connectivity index (χ0n) is 13.8. The van der Waals surface area contributed by atoms with Gasteiger partial charge in [0.25, 0.3) is 0 Å². The summed E-state index contributed by atoms with van der Waals surface area (Å²) in [4.78, 5) is 33.5. The zero-order valence-corrected chi connectivity index (χ0v) is 14.6. The number of carbonyl (C=O) groups is 3. The Morgan fingerprint density at radius 1 is 1.29 bits per heavy atom. The lowest BCUT2D eigenvalue weighted by Crippen LogP contribution is -2.31. The number of aldehydes is 1. The van der Waals surface area contributed by atoms with Gasteiger partial charge in [-0.3, -0.25) is 9.52 Å². The molecule has 0 aliphatic heterocycles. The second kappa shape index (κ2) is 9.82. The number of benzene rings is 1. The van der Waals surface area contributed by atoms with E-state index in [1.807, 2.05) is 18.2 Å². The summed E-state index contributed by atoms with van der Waals surface area (Å²) >= 11 is 0. The van der Waals surface area contributed by atoms with Crippen LogP contribution < -0.4 is 4.72 Å². The van der Waals surface area contributed by atoms with Crippen LogP contribution in [0.2, 0.25) is 0 Å². The Kier molecular flexibility index (Phi) is 8.11. The fourth-order valence-corrected chi connectivity index (χ4v) is 3.52. The molecular weight excluding hydrogens is 332 g/mol. The highest BCUT2D eigenvalue weighted by atomic mass is 32.2.